The van der Waals surface area contributed by atoms with E-state index >= 15 is 0 Å². The molecule has 1 saturated heterocycles. The van der Waals surface area contributed by atoms with Gasteiger partial charge in [0.1, 0.15) is 0 Å². The molecule has 1 aliphatic heterocycles. The van der Waals surface area contributed by atoms with Crippen LogP contribution in [0.25, 0.3) is 0 Å². The molecule has 0 aliphatic carbocycles. The number of halogens is 3. The molecule has 31 heavy (non-hydrogen) atoms. The first-order valence-electron chi connectivity index (χ1n) is 9.84. The lowest BCUT2D eigenvalue weighted by atomic mass is 10.1. The van der Waals surface area contributed by atoms with Crippen molar-refractivity contribution in [3.63, 3.8) is 0 Å². The molecular formula is C22H22F3N3O3. The maximum atomic E-state index is 13.2. The zero-order valence-corrected chi connectivity index (χ0v) is 16.7. The number of carbonyl (C=O) groups excluding carboxylic acids is 3. The van der Waals surface area contributed by atoms with Crippen molar-refractivity contribution in [2.75, 3.05) is 32.7 Å². The minimum absolute atomic E-state index is 0.101. The molecule has 3 rings (SSSR count). The summed E-state index contributed by atoms with van der Waals surface area (Å²) in [7, 11) is 0. The van der Waals surface area contributed by atoms with Crippen LogP contribution < -0.4 is 5.32 Å². The lowest BCUT2D eigenvalue weighted by Gasteiger charge is -2.35. The summed E-state index contributed by atoms with van der Waals surface area (Å²) < 4.78 is 39.5. The second-order valence-electron chi connectivity index (χ2n) is 7.09. The van der Waals surface area contributed by atoms with E-state index in [1.807, 2.05) is 0 Å². The highest BCUT2D eigenvalue weighted by molar-refractivity contribution is 5.96. The minimum atomic E-state index is -4.62. The molecule has 0 aromatic heterocycles. The number of benzene rings is 2. The van der Waals surface area contributed by atoms with Crippen molar-refractivity contribution in [3.8, 4) is 0 Å². The number of nitrogens with one attached hydrogen (secondary N) is 1. The zero-order valence-electron chi connectivity index (χ0n) is 16.7. The van der Waals surface area contributed by atoms with Gasteiger partial charge in [-0.05, 0) is 24.3 Å². The molecule has 1 fully saturated rings. The van der Waals surface area contributed by atoms with Gasteiger partial charge in [-0.2, -0.15) is 13.2 Å². The van der Waals surface area contributed by atoms with Gasteiger partial charge >= 0.3 is 6.18 Å². The second-order valence-corrected chi connectivity index (χ2v) is 7.09. The SMILES string of the molecule is O=C(NCCC(=O)N1CCN(C(=O)c2ccccc2C(F)(F)F)CC1)c1ccccc1. The average Bonchev–Trinajstić information content (AvgIpc) is 2.78. The smallest absolute Gasteiger partial charge is 0.352 e. The van der Waals surface area contributed by atoms with Crippen LogP contribution in [0, 0.1) is 0 Å². The van der Waals surface area contributed by atoms with Crippen LogP contribution >= 0.6 is 0 Å². The molecule has 1 aliphatic rings. The van der Waals surface area contributed by atoms with E-state index < -0.39 is 23.2 Å². The van der Waals surface area contributed by atoms with E-state index in [0.29, 0.717) is 5.56 Å². The number of hydrogen-bond acceptors (Lipinski definition) is 3. The third-order valence-corrected chi connectivity index (χ3v) is 5.04. The minimum Gasteiger partial charge on any atom is -0.352 e. The molecule has 0 radical (unpaired) electrons. The topological polar surface area (TPSA) is 69.7 Å². The molecule has 0 saturated carbocycles. The Morgan fingerprint density at radius 3 is 2.06 bits per heavy atom. The van der Waals surface area contributed by atoms with Gasteiger partial charge in [-0.25, -0.2) is 0 Å². The largest absolute Gasteiger partial charge is 0.417 e. The number of rotatable bonds is 5. The van der Waals surface area contributed by atoms with Crippen LogP contribution in [-0.4, -0.2) is 60.2 Å². The number of alkyl halides is 3. The number of carbonyl (C=O) groups is 3. The van der Waals surface area contributed by atoms with E-state index in [1.54, 1.807) is 35.2 Å². The highest BCUT2D eigenvalue weighted by Crippen LogP contribution is 2.32. The van der Waals surface area contributed by atoms with Gasteiger partial charge in [-0.3, -0.25) is 14.4 Å². The van der Waals surface area contributed by atoms with Crippen molar-refractivity contribution in [3.05, 3.63) is 71.3 Å². The predicted octanol–water partition coefficient (Wildman–Crippen LogP) is 2.81. The molecular weight excluding hydrogens is 411 g/mol. The highest BCUT2D eigenvalue weighted by atomic mass is 19.4. The Bertz CT molecular complexity index is 940. The third kappa shape index (κ3) is 5.62. The van der Waals surface area contributed by atoms with E-state index in [9.17, 15) is 27.6 Å². The molecule has 2 aromatic rings. The predicted molar refractivity (Wildman–Crippen MR) is 107 cm³/mol. The van der Waals surface area contributed by atoms with E-state index in [2.05, 4.69) is 5.32 Å². The lowest BCUT2D eigenvalue weighted by Crippen LogP contribution is -2.51. The molecule has 6 nitrogen and oxygen atoms in total. The molecule has 9 heteroatoms. The summed E-state index contributed by atoms with van der Waals surface area (Å²) >= 11 is 0. The van der Waals surface area contributed by atoms with Gasteiger partial charge in [-0.1, -0.05) is 30.3 Å². The van der Waals surface area contributed by atoms with Crippen molar-refractivity contribution < 1.29 is 27.6 Å². The third-order valence-electron chi connectivity index (χ3n) is 5.04. The average molecular weight is 433 g/mol. The standard InChI is InChI=1S/C22H22F3N3O3/c23-22(24,25)18-9-5-4-8-17(18)21(31)28-14-12-27(13-15-28)19(29)10-11-26-20(30)16-6-2-1-3-7-16/h1-9H,10-15H2,(H,26,30). The number of hydrogen-bond donors (Lipinski definition) is 1. The first-order valence-corrected chi connectivity index (χ1v) is 9.84. The summed E-state index contributed by atoms with van der Waals surface area (Å²) in [6, 6.07) is 13.3. The Morgan fingerprint density at radius 1 is 0.839 bits per heavy atom. The van der Waals surface area contributed by atoms with Crippen LogP contribution in [0.1, 0.15) is 32.7 Å². The van der Waals surface area contributed by atoms with Crippen LogP contribution in [0.4, 0.5) is 13.2 Å². The van der Waals surface area contributed by atoms with E-state index in [-0.39, 0.29) is 51.0 Å². The first-order chi connectivity index (χ1) is 14.8. The molecule has 0 atom stereocenters. The van der Waals surface area contributed by atoms with Crippen LogP contribution in [0.3, 0.4) is 0 Å². The summed E-state index contributed by atoms with van der Waals surface area (Å²) in [4.78, 5) is 39.8. The Labute approximate surface area is 177 Å². The highest BCUT2D eigenvalue weighted by Gasteiger charge is 2.36. The fraction of sp³-hybridized carbons (Fsp3) is 0.318. The van der Waals surface area contributed by atoms with Gasteiger partial charge < -0.3 is 15.1 Å². The van der Waals surface area contributed by atoms with Gasteiger partial charge in [0.05, 0.1) is 11.1 Å². The number of amides is 3. The second kappa shape index (κ2) is 9.63. The molecule has 0 bridgehead atoms. The maximum absolute atomic E-state index is 13.2. The van der Waals surface area contributed by atoms with Crippen molar-refractivity contribution in [1.29, 1.82) is 0 Å². The summed E-state index contributed by atoms with van der Waals surface area (Å²) in [5.74, 6) is -1.15. The van der Waals surface area contributed by atoms with E-state index in [0.717, 1.165) is 12.1 Å². The Hall–Kier alpha value is -3.36. The normalized spacial score (nSPS) is 14.3. The molecule has 164 valence electrons. The molecule has 1 heterocycles. The van der Waals surface area contributed by atoms with Crippen LogP contribution in [0.15, 0.2) is 54.6 Å². The molecule has 3 amide bonds. The Morgan fingerprint density at radius 2 is 1.42 bits per heavy atom. The summed E-state index contributed by atoms with van der Waals surface area (Å²) in [5.41, 5.74) is -0.854. The number of nitrogens with zero attached hydrogens (tertiary/aromatic N) is 2. The first kappa shape index (κ1) is 22.3. The zero-order chi connectivity index (χ0) is 22.4. The number of piperazine rings is 1. The fourth-order valence-corrected chi connectivity index (χ4v) is 3.38. The van der Waals surface area contributed by atoms with E-state index in [4.69, 9.17) is 0 Å². The molecule has 0 unspecified atom stereocenters. The van der Waals surface area contributed by atoms with Gasteiger partial charge in [0, 0.05) is 44.7 Å². The van der Waals surface area contributed by atoms with Crippen molar-refractivity contribution in [1.82, 2.24) is 15.1 Å². The van der Waals surface area contributed by atoms with Crippen molar-refractivity contribution in [2.45, 2.75) is 12.6 Å². The quantitative estimate of drug-likeness (QED) is 0.789. The van der Waals surface area contributed by atoms with Crippen LogP contribution in [0.5, 0.6) is 0 Å². The maximum Gasteiger partial charge on any atom is 0.417 e. The van der Waals surface area contributed by atoms with Gasteiger partial charge in [-0.15, -0.1) is 0 Å². The molecule has 1 N–H and O–H groups in total. The van der Waals surface area contributed by atoms with Crippen molar-refractivity contribution in [2.24, 2.45) is 0 Å². The van der Waals surface area contributed by atoms with Crippen LogP contribution in [-0.2, 0) is 11.0 Å². The Kier molecular flexibility index (Phi) is 6.94. The summed E-state index contributed by atoms with van der Waals surface area (Å²) in [6.07, 6.45) is -4.52. The van der Waals surface area contributed by atoms with Gasteiger partial charge in [0.25, 0.3) is 11.8 Å². The fourth-order valence-electron chi connectivity index (χ4n) is 3.38. The lowest BCUT2D eigenvalue weighted by molar-refractivity contribution is -0.138. The van der Waals surface area contributed by atoms with Gasteiger partial charge in [0.15, 0.2) is 0 Å². The Balaban J connectivity index is 1.49. The monoisotopic (exact) mass is 433 g/mol. The van der Waals surface area contributed by atoms with E-state index in [1.165, 1.54) is 17.0 Å². The summed E-state index contributed by atoms with van der Waals surface area (Å²) in [6.45, 7) is 0.918. The van der Waals surface area contributed by atoms with Crippen molar-refractivity contribution >= 4 is 17.7 Å². The van der Waals surface area contributed by atoms with Gasteiger partial charge in [0.2, 0.25) is 5.91 Å². The van der Waals surface area contributed by atoms with Crippen LogP contribution in [0.2, 0.25) is 0 Å². The molecule has 0 spiro atoms. The summed E-state index contributed by atoms with van der Waals surface area (Å²) in [5, 5.41) is 2.68. The molecule has 2 aromatic carbocycles.